The van der Waals surface area contributed by atoms with E-state index in [1.165, 1.54) is 96.3 Å². The van der Waals surface area contributed by atoms with Gasteiger partial charge in [0.25, 0.3) is 0 Å². The molecule has 0 heterocycles. The fourth-order valence-electron chi connectivity index (χ4n) is 2.95. The lowest BCUT2D eigenvalue weighted by atomic mass is 9.89. The highest BCUT2D eigenvalue weighted by atomic mass is 14.1. The number of hydrogen-bond donors (Lipinski definition) is 0. The van der Waals surface area contributed by atoms with Crippen LogP contribution < -0.4 is 0 Å². The van der Waals surface area contributed by atoms with Crippen LogP contribution in [0.3, 0.4) is 0 Å². The highest BCUT2D eigenvalue weighted by Gasteiger charge is 2.08. The molecule has 0 aliphatic rings. The van der Waals surface area contributed by atoms with E-state index in [0.717, 1.165) is 6.42 Å². The van der Waals surface area contributed by atoms with Crippen LogP contribution in [0.2, 0.25) is 0 Å². The minimum atomic E-state index is 0.535. The molecule has 0 nitrogen and oxygen atoms in total. The molecule has 0 aliphatic carbocycles. The van der Waals surface area contributed by atoms with Crippen molar-refractivity contribution in [3.63, 3.8) is 0 Å². The second-order valence-corrected chi connectivity index (χ2v) is 8.11. The van der Waals surface area contributed by atoms with E-state index >= 15 is 0 Å². The molecule has 0 aromatic heterocycles. The molecule has 1 radical (unpaired) electrons. The van der Waals surface area contributed by atoms with Gasteiger partial charge < -0.3 is 0 Å². The summed E-state index contributed by atoms with van der Waals surface area (Å²) in [4.78, 5) is 0. The monoisotopic (exact) mass is 295 g/mol. The second-order valence-electron chi connectivity index (χ2n) is 8.11. The third kappa shape index (κ3) is 20.0. The molecule has 127 valence electrons. The second kappa shape index (κ2) is 14.9. The van der Waals surface area contributed by atoms with E-state index in [2.05, 4.69) is 27.7 Å². The lowest BCUT2D eigenvalue weighted by Gasteiger charge is -2.17. The van der Waals surface area contributed by atoms with Crippen LogP contribution in [0, 0.1) is 12.3 Å². The Hall–Kier alpha value is 0. The first-order valence-electron chi connectivity index (χ1n) is 9.85. The van der Waals surface area contributed by atoms with Crippen molar-refractivity contribution in [2.75, 3.05) is 0 Å². The van der Waals surface area contributed by atoms with Crippen LogP contribution in [0.25, 0.3) is 0 Å². The van der Waals surface area contributed by atoms with Gasteiger partial charge in [-0.05, 0) is 11.8 Å². The van der Waals surface area contributed by atoms with Crippen LogP contribution in [0.15, 0.2) is 0 Å². The number of unbranched alkanes of at least 4 members (excludes halogenated alkanes) is 14. The maximum absolute atomic E-state index is 3.90. The first-order chi connectivity index (χ1) is 10.1. The average Bonchev–Trinajstić information content (AvgIpc) is 2.42. The summed E-state index contributed by atoms with van der Waals surface area (Å²) in [5, 5.41) is 0. The molecule has 0 amide bonds. The molecule has 0 fully saturated rings. The van der Waals surface area contributed by atoms with Gasteiger partial charge in [0.05, 0.1) is 0 Å². The average molecular weight is 296 g/mol. The molecule has 0 unspecified atom stereocenters. The summed E-state index contributed by atoms with van der Waals surface area (Å²) in [6, 6.07) is 0. The van der Waals surface area contributed by atoms with Crippen molar-refractivity contribution in [3.8, 4) is 0 Å². The highest BCUT2D eigenvalue weighted by molar-refractivity contribution is 4.61. The van der Waals surface area contributed by atoms with Crippen molar-refractivity contribution in [1.29, 1.82) is 0 Å². The van der Waals surface area contributed by atoms with Gasteiger partial charge in [0.1, 0.15) is 0 Å². The molecular weight excluding hydrogens is 252 g/mol. The molecule has 0 bridgehead atoms. The summed E-state index contributed by atoms with van der Waals surface area (Å²) in [6.45, 7) is 11.0. The highest BCUT2D eigenvalue weighted by Crippen LogP contribution is 2.22. The molecule has 0 saturated carbocycles. The minimum absolute atomic E-state index is 0.535. The zero-order valence-electron chi connectivity index (χ0n) is 15.5. The first kappa shape index (κ1) is 21.0. The standard InChI is InChI=1S/C21H43/c1-5-6-7-8-9-10-11-12-13-14-15-16-17-18-19-20-21(2,3)4/h1,5-20H2,2-4H3. The summed E-state index contributed by atoms with van der Waals surface area (Å²) in [5.74, 6) is 0. The van der Waals surface area contributed by atoms with Crippen LogP contribution >= 0.6 is 0 Å². The van der Waals surface area contributed by atoms with E-state index in [1.807, 2.05) is 0 Å². The van der Waals surface area contributed by atoms with Gasteiger partial charge in [0.15, 0.2) is 0 Å². The molecule has 0 rings (SSSR count). The molecule has 0 N–H and O–H groups in total. The molecule has 0 aromatic rings. The fraction of sp³-hybridized carbons (Fsp3) is 0.952. The Labute approximate surface area is 136 Å². The predicted octanol–water partition coefficient (Wildman–Crippen LogP) is 8.11. The number of rotatable bonds is 15. The third-order valence-corrected chi connectivity index (χ3v) is 4.43. The van der Waals surface area contributed by atoms with Crippen molar-refractivity contribution in [2.45, 2.75) is 124 Å². The van der Waals surface area contributed by atoms with E-state index in [1.54, 1.807) is 0 Å². The Morgan fingerprint density at radius 3 is 1.05 bits per heavy atom. The fourth-order valence-corrected chi connectivity index (χ4v) is 2.95. The van der Waals surface area contributed by atoms with E-state index in [-0.39, 0.29) is 0 Å². The predicted molar refractivity (Wildman–Crippen MR) is 98.7 cm³/mol. The molecule has 0 saturated heterocycles. The Bertz CT molecular complexity index is 187. The Morgan fingerprint density at radius 2 is 0.762 bits per heavy atom. The summed E-state index contributed by atoms with van der Waals surface area (Å²) in [5.41, 5.74) is 0.535. The molecule has 0 spiro atoms. The van der Waals surface area contributed by atoms with Crippen molar-refractivity contribution < 1.29 is 0 Å². The number of hydrogen-bond acceptors (Lipinski definition) is 0. The summed E-state index contributed by atoms with van der Waals surface area (Å²) in [7, 11) is 0. The molecule has 0 aromatic carbocycles. The van der Waals surface area contributed by atoms with Crippen molar-refractivity contribution in [1.82, 2.24) is 0 Å². The quantitative estimate of drug-likeness (QED) is 0.268. The third-order valence-electron chi connectivity index (χ3n) is 4.43. The molecule has 0 heteroatoms. The largest absolute Gasteiger partial charge is 0.0602 e. The zero-order valence-corrected chi connectivity index (χ0v) is 15.5. The minimum Gasteiger partial charge on any atom is -0.0602 e. The van der Waals surface area contributed by atoms with Crippen LogP contribution in [-0.4, -0.2) is 0 Å². The van der Waals surface area contributed by atoms with E-state index in [0.29, 0.717) is 5.41 Å². The summed E-state index contributed by atoms with van der Waals surface area (Å²) in [6.07, 6.45) is 22.8. The summed E-state index contributed by atoms with van der Waals surface area (Å²) < 4.78 is 0. The van der Waals surface area contributed by atoms with Gasteiger partial charge in [-0.15, -0.1) is 0 Å². The van der Waals surface area contributed by atoms with Crippen LogP contribution in [0.4, 0.5) is 0 Å². The first-order valence-corrected chi connectivity index (χ1v) is 9.85. The Kier molecular flexibility index (Phi) is 14.9. The molecule has 0 aliphatic heterocycles. The van der Waals surface area contributed by atoms with E-state index < -0.39 is 0 Å². The lowest BCUT2D eigenvalue weighted by Crippen LogP contribution is -2.03. The van der Waals surface area contributed by atoms with Crippen molar-refractivity contribution in [3.05, 3.63) is 6.92 Å². The van der Waals surface area contributed by atoms with Gasteiger partial charge >= 0.3 is 0 Å². The molecule has 0 atom stereocenters. The summed E-state index contributed by atoms with van der Waals surface area (Å²) >= 11 is 0. The molecular formula is C21H43. The Morgan fingerprint density at radius 1 is 0.476 bits per heavy atom. The van der Waals surface area contributed by atoms with Gasteiger partial charge in [-0.3, -0.25) is 0 Å². The van der Waals surface area contributed by atoms with Gasteiger partial charge in [-0.1, -0.05) is 124 Å². The van der Waals surface area contributed by atoms with Gasteiger partial charge in [-0.2, -0.15) is 0 Å². The maximum atomic E-state index is 3.90. The zero-order chi connectivity index (χ0) is 15.8. The van der Waals surface area contributed by atoms with Gasteiger partial charge in [0.2, 0.25) is 0 Å². The van der Waals surface area contributed by atoms with Crippen LogP contribution in [0.1, 0.15) is 124 Å². The van der Waals surface area contributed by atoms with E-state index in [4.69, 9.17) is 0 Å². The lowest BCUT2D eigenvalue weighted by molar-refractivity contribution is 0.356. The van der Waals surface area contributed by atoms with Crippen LogP contribution in [0.5, 0.6) is 0 Å². The van der Waals surface area contributed by atoms with Gasteiger partial charge in [0, 0.05) is 0 Å². The van der Waals surface area contributed by atoms with Crippen molar-refractivity contribution >= 4 is 0 Å². The topological polar surface area (TPSA) is 0 Å². The smallest absolute Gasteiger partial charge is 0.0383 e. The van der Waals surface area contributed by atoms with Crippen LogP contribution in [-0.2, 0) is 0 Å². The maximum Gasteiger partial charge on any atom is -0.0383 e. The normalized spacial score (nSPS) is 12.0. The Balaban J connectivity index is 3.00. The van der Waals surface area contributed by atoms with Crippen molar-refractivity contribution in [2.24, 2.45) is 5.41 Å². The molecule has 21 heavy (non-hydrogen) atoms. The van der Waals surface area contributed by atoms with Gasteiger partial charge in [-0.25, -0.2) is 0 Å². The van der Waals surface area contributed by atoms with E-state index in [9.17, 15) is 0 Å². The SMILES string of the molecule is [CH2]CCCCCCCCCCCCCCCCC(C)(C)C.